The third kappa shape index (κ3) is 9.46. The van der Waals surface area contributed by atoms with Crippen LogP contribution < -0.4 is 5.32 Å². The molecule has 0 aromatic rings. The summed E-state index contributed by atoms with van der Waals surface area (Å²) in [6.45, 7) is -0.232. The number of nitrogens with one attached hydrogen (secondary N) is 1. The molecule has 0 spiro atoms. The van der Waals surface area contributed by atoms with Crippen molar-refractivity contribution < 1.29 is 66.5 Å². The molecule has 0 aliphatic carbocycles. The Labute approximate surface area is 197 Å². The zero-order valence-corrected chi connectivity index (χ0v) is 19.1. The number of hydrogen-bond donors (Lipinski definition) is 7. The van der Waals surface area contributed by atoms with Crippen LogP contribution in [0, 0.1) is 0 Å². The molecule has 15 nitrogen and oxygen atoms in total. The fraction of sp³-hybridized carbons (Fsp3) is 0.643. The Morgan fingerprint density at radius 1 is 1.32 bits per heavy atom. The van der Waals surface area contributed by atoms with E-state index in [4.69, 9.17) is 19.1 Å². The van der Waals surface area contributed by atoms with Crippen LogP contribution in [-0.2, 0) is 38.4 Å². The molecule has 1 aliphatic rings. The van der Waals surface area contributed by atoms with Crippen LogP contribution in [-0.4, -0.2) is 136 Å². The number of ether oxygens (including phenoxy) is 2. The van der Waals surface area contributed by atoms with E-state index >= 15 is 0 Å². The van der Waals surface area contributed by atoms with Gasteiger partial charge in [-0.3, -0.25) is 9.35 Å². The van der Waals surface area contributed by atoms with Crippen LogP contribution in [0.5, 0.6) is 0 Å². The van der Waals surface area contributed by atoms with E-state index in [0.29, 0.717) is 6.08 Å². The minimum atomic E-state index is -5.04. The number of amides is 1. The number of hydrogen-bond acceptors (Lipinski definition) is 12. The van der Waals surface area contributed by atoms with Gasteiger partial charge < -0.3 is 45.1 Å². The smallest absolute Gasteiger partial charge is 0.397 e. The summed E-state index contributed by atoms with van der Waals surface area (Å²) in [7, 11) is -5.04. The van der Waals surface area contributed by atoms with Crippen molar-refractivity contribution in [1.29, 1.82) is 0 Å². The second kappa shape index (κ2) is 12.8. The van der Waals surface area contributed by atoms with Crippen LogP contribution in [0.3, 0.4) is 0 Å². The molecule has 0 aromatic carbocycles. The van der Waals surface area contributed by atoms with E-state index in [1.165, 1.54) is 0 Å². The van der Waals surface area contributed by atoms with Crippen molar-refractivity contribution >= 4 is 58.1 Å². The molecule has 0 unspecified atom stereocenters. The van der Waals surface area contributed by atoms with Gasteiger partial charge in [0, 0.05) is 36.5 Å². The van der Waals surface area contributed by atoms with E-state index in [0.717, 1.165) is 6.92 Å². The fourth-order valence-corrected chi connectivity index (χ4v) is 2.63. The molecule has 1 amide bonds. The molecule has 7 atom stereocenters. The van der Waals surface area contributed by atoms with E-state index in [2.05, 4.69) is 4.18 Å². The molecular weight excluding hydrogens is 461 g/mol. The molecule has 1 heterocycles. The number of rotatable bonds is 11. The zero-order valence-electron chi connectivity index (χ0n) is 16.3. The Morgan fingerprint density at radius 3 is 2.35 bits per heavy atom. The number of aliphatic hydroxyl groups excluding tert-OH is 4. The number of carboxylic acids is 1. The zero-order chi connectivity index (χ0) is 23.2. The largest absolute Gasteiger partial charge is 0.475 e. The molecule has 0 fully saturated rings. The van der Waals surface area contributed by atoms with Crippen molar-refractivity contribution in [3.8, 4) is 0 Å². The van der Waals surface area contributed by atoms with Gasteiger partial charge in [-0.15, -0.1) is 0 Å². The summed E-state index contributed by atoms with van der Waals surface area (Å²) in [5.41, 5.74) is 0. The molecule has 31 heavy (non-hydrogen) atoms. The first-order chi connectivity index (χ1) is 13.8. The first-order valence-corrected chi connectivity index (χ1v) is 9.47. The van der Waals surface area contributed by atoms with Gasteiger partial charge in [0.05, 0.1) is 6.61 Å². The van der Waals surface area contributed by atoms with Gasteiger partial charge in [-0.05, 0) is 6.08 Å². The average Bonchev–Trinajstić information content (AvgIpc) is 2.63. The Morgan fingerprint density at radius 2 is 1.90 bits per heavy atom. The molecule has 17 heteroatoms. The van der Waals surface area contributed by atoms with Crippen molar-refractivity contribution in [3.63, 3.8) is 0 Å². The van der Waals surface area contributed by atoms with Crippen LogP contribution in [0.4, 0.5) is 0 Å². The minimum Gasteiger partial charge on any atom is -0.475 e. The van der Waals surface area contributed by atoms with Crippen molar-refractivity contribution in [2.75, 3.05) is 6.61 Å². The second-order valence-corrected chi connectivity index (χ2v) is 7.13. The summed E-state index contributed by atoms with van der Waals surface area (Å²) in [6, 6.07) is -1.71. The van der Waals surface area contributed by atoms with Gasteiger partial charge >= 0.3 is 16.4 Å². The van der Waals surface area contributed by atoms with Crippen molar-refractivity contribution in [2.45, 2.75) is 49.8 Å². The minimum absolute atomic E-state index is 0. The maximum absolute atomic E-state index is 11.2. The summed E-state index contributed by atoms with van der Waals surface area (Å²) >= 11 is 0. The number of aliphatic carboxylic acids is 1. The van der Waals surface area contributed by atoms with Crippen molar-refractivity contribution in [2.24, 2.45) is 0 Å². The maximum Gasteiger partial charge on any atom is 0.397 e. The molecule has 1 aliphatic heterocycles. The molecule has 173 valence electrons. The standard InChI is InChI=1S/C14H21NO14S.Na/c1-5(17)15-6(3-16)10(20)12(8(19)4-27-30(24,25)26)29-14-11(21)7(18)2-9(28-14)13(22)23;/h2-3,6-8,10-12,14,18-21H,4H2,1H3,(H,15,17)(H,22,23)(H,24,25,26);/t6-,7-,8+,10+,11+,12+,14-;/m0./s1. The van der Waals surface area contributed by atoms with Gasteiger partial charge in [0.2, 0.25) is 18.0 Å². The first-order valence-electron chi connectivity index (χ1n) is 8.10. The van der Waals surface area contributed by atoms with Gasteiger partial charge in [0.25, 0.3) is 0 Å². The molecular formula is C14H21NNaO14S. The SMILES string of the molecule is CC(=O)N[C@@H](C=O)[C@@H](O)[C@H](O[C@@H]1OC(C(=O)O)=C[C@H](O)[C@H]1O)[C@H](O)COS(=O)(=O)O.[Na]. The fourth-order valence-electron chi connectivity index (χ4n) is 2.32. The molecule has 1 radical (unpaired) electrons. The average molecular weight is 482 g/mol. The molecule has 0 bridgehead atoms. The predicted molar refractivity (Wildman–Crippen MR) is 96.4 cm³/mol. The van der Waals surface area contributed by atoms with Crippen molar-refractivity contribution in [1.82, 2.24) is 5.32 Å². The van der Waals surface area contributed by atoms with Crippen LogP contribution in [0.15, 0.2) is 11.8 Å². The number of aldehydes is 1. The number of aliphatic hydroxyl groups is 4. The molecule has 0 saturated heterocycles. The first kappa shape index (κ1) is 29.8. The van der Waals surface area contributed by atoms with Crippen LogP contribution in [0.1, 0.15) is 6.92 Å². The summed E-state index contributed by atoms with van der Waals surface area (Å²) in [5, 5.41) is 51.1. The van der Waals surface area contributed by atoms with Crippen LogP contribution in [0.2, 0.25) is 0 Å². The van der Waals surface area contributed by atoms with Gasteiger partial charge in [-0.25, -0.2) is 8.98 Å². The van der Waals surface area contributed by atoms with Crippen LogP contribution >= 0.6 is 0 Å². The van der Waals surface area contributed by atoms with E-state index < -0.39 is 77.5 Å². The third-order valence-electron chi connectivity index (χ3n) is 3.68. The third-order valence-corrected chi connectivity index (χ3v) is 4.12. The quantitative estimate of drug-likeness (QED) is 0.0830. The van der Waals surface area contributed by atoms with Crippen molar-refractivity contribution in [3.05, 3.63) is 11.8 Å². The summed E-state index contributed by atoms with van der Waals surface area (Å²) in [5.74, 6) is -3.30. The van der Waals surface area contributed by atoms with E-state index in [1.54, 1.807) is 0 Å². The molecule has 0 saturated carbocycles. The molecule has 1 rings (SSSR count). The Kier molecular flexibility index (Phi) is 12.3. The number of carboxylic acid groups (broad SMARTS) is 1. The summed E-state index contributed by atoms with van der Waals surface area (Å²) in [6.07, 6.45) is -11.4. The van der Waals surface area contributed by atoms with Crippen LogP contribution in [0.25, 0.3) is 0 Å². The second-order valence-electron chi connectivity index (χ2n) is 6.04. The number of carbonyl (C=O) groups is 3. The maximum atomic E-state index is 11.2. The Bertz CT molecular complexity index is 773. The van der Waals surface area contributed by atoms with Gasteiger partial charge in [0.1, 0.15) is 42.8 Å². The Balaban J connectivity index is 0.00000900. The Hall–Kier alpha value is -1.18. The predicted octanol–water partition coefficient (Wildman–Crippen LogP) is -4.72. The number of carbonyl (C=O) groups excluding carboxylic acids is 2. The van der Waals surface area contributed by atoms with Gasteiger partial charge in [-0.1, -0.05) is 0 Å². The van der Waals surface area contributed by atoms with E-state index in [9.17, 15) is 43.2 Å². The van der Waals surface area contributed by atoms with E-state index in [1.807, 2.05) is 5.32 Å². The van der Waals surface area contributed by atoms with Gasteiger partial charge in [-0.2, -0.15) is 8.42 Å². The topological polar surface area (TPSA) is 246 Å². The molecule has 0 aromatic heterocycles. The molecule has 7 N–H and O–H groups in total. The monoisotopic (exact) mass is 482 g/mol. The van der Waals surface area contributed by atoms with Gasteiger partial charge in [0.15, 0.2) is 0 Å². The van der Waals surface area contributed by atoms with E-state index in [-0.39, 0.29) is 35.8 Å². The summed E-state index contributed by atoms with van der Waals surface area (Å²) in [4.78, 5) is 33.4. The summed E-state index contributed by atoms with van der Waals surface area (Å²) < 4.78 is 43.9. The normalized spacial score (nSPS) is 25.0.